The molecule has 6 heteroatoms. The standard InChI is InChI=1S/C15H20N4O2/c1-10-7-12-14(17-10)16-9-19(15(12)21)8-13(20)18-11-5-3-2-4-6-11/h7,9,11,17H,2-6,8H2,1H3,(H,18,20). The van der Waals surface area contributed by atoms with Crippen molar-refractivity contribution in [3.05, 3.63) is 28.4 Å². The molecule has 21 heavy (non-hydrogen) atoms. The van der Waals surface area contributed by atoms with Crippen LogP contribution in [0.4, 0.5) is 0 Å². The van der Waals surface area contributed by atoms with E-state index in [0.717, 1.165) is 18.5 Å². The van der Waals surface area contributed by atoms with Gasteiger partial charge in [-0.25, -0.2) is 4.98 Å². The number of aromatic nitrogens is 3. The third-order valence-electron chi connectivity index (χ3n) is 4.03. The summed E-state index contributed by atoms with van der Waals surface area (Å²) in [6.07, 6.45) is 7.09. The number of fused-ring (bicyclic) bond motifs is 1. The van der Waals surface area contributed by atoms with Crippen LogP contribution in [0.3, 0.4) is 0 Å². The van der Waals surface area contributed by atoms with E-state index < -0.39 is 0 Å². The molecule has 1 saturated carbocycles. The van der Waals surface area contributed by atoms with Gasteiger partial charge in [0.05, 0.1) is 5.39 Å². The maximum Gasteiger partial charge on any atom is 0.263 e. The van der Waals surface area contributed by atoms with Crippen LogP contribution in [0.2, 0.25) is 0 Å². The van der Waals surface area contributed by atoms with E-state index in [4.69, 9.17) is 0 Å². The Bertz CT molecular complexity index is 710. The van der Waals surface area contributed by atoms with E-state index in [-0.39, 0.29) is 24.1 Å². The van der Waals surface area contributed by atoms with Crippen LogP contribution in [0.5, 0.6) is 0 Å². The number of H-pyrrole nitrogens is 1. The molecule has 2 heterocycles. The third kappa shape index (κ3) is 2.99. The third-order valence-corrected chi connectivity index (χ3v) is 4.03. The Hall–Kier alpha value is -2.11. The van der Waals surface area contributed by atoms with Crippen molar-refractivity contribution in [3.63, 3.8) is 0 Å². The fourth-order valence-corrected chi connectivity index (χ4v) is 2.96. The number of hydrogen-bond donors (Lipinski definition) is 2. The molecule has 0 aliphatic heterocycles. The molecule has 2 N–H and O–H groups in total. The summed E-state index contributed by atoms with van der Waals surface area (Å²) >= 11 is 0. The summed E-state index contributed by atoms with van der Waals surface area (Å²) < 4.78 is 1.37. The second-order valence-corrected chi connectivity index (χ2v) is 5.79. The smallest absolute Gasteiger partial charge is 0.263 e. The highest BCUT2D eigenvalue weighted by atomic mass is 16.2. The second-order valence-electron chi connectivity index (χ2n) is 5.79. The van der Waals surface area contributed by atoms with Gasteiger partial charge in [-0.05, 0) is 25.8 Å². The van der Waals surface area contributed by atoms with Gasteiger partial charge in [-0.2, -0.15) is 0 Å². The van der Waals surface area contributed by atoms with Crippen LogP contribution in [0.25, 0.3) is 11.0 Å². The van der Waals surface area contributed by atoms with E-state index >= 15 is 0 Å². The Balaban J connectivity index is 1.73. The summed E-state index contributed by atoms with van der Waals surface area (Å²) in [4.78, 5) is 31.6. The average molecular weight is 288 g/mol. The van der Waals surface area contributed by atoms with Crippen molar-refractivity contribution < 1.29 is 4.79 Å². The van der Waals surface area contributed by atoms with E-state index in [1.807, 2.05) is 6.92 Å². The Morgan fingerprint density at radius 1 is 1.43 bits per heavy atom. The fraction of sp³-hybridized carbons (Fsp3) is 0.533. The van der Waals surface area contributed by atoms with Gasteiger partial charge >= 0.3 is 0 Å². The van der Waals surface area contributed by atoms with Crippen LogP contribution in [-0.2, 0) is 11.3 Å². The lowest BCUT2D eigenvalue weighted by atomic mass is 9.95. The number of aromatic amines is 1. The number of amides is 1. The first-order valence-corrected chi connectivity index (χ1v) is 7.47. The van der Waals surface area contributed by atoms with Gasteiger partial charge < -0.3 is 10.3 Å². The molecule has 0 unspecified atom stereocenters. The number of nitrogens with zero attached hydrogens (tertiary/aromatic N) is 2. The van der Waals surface area contributed by atoms with Gasteiger partial charge in [0.2, 0.25) is 5.91 Å². The molecule has 1 amide bonds. The van der Waals surface area contributed by atoms with Gasteiger partial charge in [-0.15, -0.1) is 0 Å². The molecule has 1 aliphatic rings. The van der Waals surface area contributed by atoms with Crippen LogP contribution in [-0.4, -0.2) is 26.5 Å². The first kappa shape index (κ1) is 13.9. The molecule has 6 nitrogen and oxygen atoms in total. The number of nitrogens with one attached hydrogen (secondary N) is 2. The van der Waals surface area contributed by atoms with Crippen molar-refractivity contribution in [1.29, 1.82) is 0 Å². The van der Waals surface area contributed by atoms with Crippen LogP contribution in [0.1, 0.15) is 37.8 Å². The molecule has 1 aliphatic carbocycles. The molecule has 112 valence electrons. The predicted molar refractivity (Wildman–Crippen MR) is 80.1 cm³/mol. The zero-order chi connectivity index (χ0) is 14.8. The summed E-state index contributed by atoms with van der Waals surface area (Å²) in [7, 11) is 0. The van der Waals surface area contributed by atoms with Gasteiger partial charge in [0.25, 0.3) is 5.56 Å². The van der Waals surface area contributed by atoms with Crippen LogP contribution < -0.4 is 10.9 Å². The summed E-state index contributed by atoms with van der Waals surface area (Å²) in [5, 5.41) is 3.54. The quantitative estimate of drug-likeness (QED) is 0.898. The van der Waals surface area contributed by atoms with Crippen molar-refractivity contribution >= 4 is 16.9 Å². The molecule has 2 aromatic heterocycles. The highest BCUT2D eigenvalue weighted by molar-refractivity contribution is 5.78. The predicted octanol–water partition coefficient (Wildman–Crippen LogP) is 1.48. The molecular weight excluding hydrogens is 268 g/mol. The minimum absolute atomic E-state index is 0.0303. The van der Waals surface area contributed by atoms with E-state index in [1.54, 1.807) is 6.07 Å². The van der Waals surface area contributed by atoms with Gasteiger partial charge in [0.1, 0.15) is 18.5 Å². The van der Waals surface area contributed by atoms with E-state index in [2.05, 4.69) is 15.3 Å². The molecule has 0 atom stereocenters. The summed E-state index contributed by atoms with van der Waals surface area (Å²) in [6, 6.07) is 2.02. The van der Waals surface area contributed by atoms with E-state index in [9.17, 15) is 9.59 Å². The largest absolute Gasteiger partial charge is 0.352 e. The average Bonchev–Trinajstić information content (AvgIpc) is 2.85. The van der Waals surface area contributed by atoms with Crippen molar-refractivity contribution in [2.24, 2.45) is 0 Å². The Kier molecular flexibility index (Phi) is 3.77. The molecule has 0 radical (unpaired) electrons. The Labute approximate surface area is 122 Å². The normalized spacial score (nSPS) is 16.2. The zero-order valence-corrected chi connectivity index (χ0v) is 12.2. The zero-order valence-electron chi connectivity index (χ0n) is 12.2. The lowest BCUT2D eigenvalue weighted by Crippen LogP contribution is -2.39. The number of carbonyl (C=O) groups excluding carboxylic acids is 1. The first-order chi connectivity index (χ1) is 10.1. The van der Waals surface area contributed by atoms with Gasteiger partial charge in [-0.1, -0.05) is 19.3 Å². The van der Waals surface area contributed by atoms with Crippen molar-refractivity contribution in [2.75, 3.05) is 0 Å². The second kappa shape index (κ2) is 5.71. The summed E-state index contributed by atoms with van der Waals surface area (Å²) in [5.41, 5.74) is 1.28. The Morgan fingerprint density at radius 2 is 2.19 bits per heavy atom. The summed E-state index contributed by atoms with van der Waals surface area (Å²) in [5.74, 6) is -0.114. The van der Waals surface area contributed by atoms with Crippen molar-refractivity contribution in [1.82, 2.24) is 19.9 Å². The minimum Gasteiger partial charge on any atom is -0.352 e. The molecule has 0 aromatic carbocycles. The minimum atomic E-state index is -0.178. The molecular formula is C15H20N4O2. The van der Waals surface area contributed by atoms with Gasteiger partial charge in [-0.3, -0.25) is 14.2 Å². The topological polar surface area (TPSA) is 79.8 Å². The van der Waals surface area contributed by atoms with E-state index in [1.165, 1.54) is 30.2 Å². The first-order valence-electron chi connectivity index (χ1n) is 7.47. The van der Waals surface area contributed by atoms with Crippen LogP contribution >= 0.6 is 0 Å². The van der Waals surface area contributed by atoms with Crippen LogP contribution in [0, 0.1) is 6.92 Å². The fourth-order valence-electron chi connectivity index (χ4n) is 2.96. The number of hydrogen-bond acceptors (Lipinski definition) is 3. The van der Waals surface area contributed by atoms with Crippen molar-refractivity contribution in [3.8, 4) is 0 Å². The van der Waals surface area contributed by atoms with E-state index in [0.29, 0.717) is 11.0 Å². The maximum absolute atomic E-state index is 12.3. The van der Waals surface area contributed by atoms with Crippen LogP contribution in [0.15, 0.2) is 17.2 Å². The molecule has 2 aromatic rings. The number of aryl methyl sites for hydroxylation is 1. The lowest BCUT2D eigenvalue weighted by Gasteiger charge is -2.22. The highest BCUT2D eigenvalue weighted by Gasteiger charge is 2.16. The number of rotatable bonds is 3. The number of carbonyl (C=O) groups is 1. The van der Waals surface area contributed by atoms with Gasteiger partial charge in [0, 0.05) is 11.7 Å². The highest BCUT2D eigenvalue weighted by Crippen LogP contribution is 2.17. The molecule has 3 rings (SSSR count). The molecule has 0 bridgehead atoms. The maximum atomic E-state index is 12.3. The van der Waals surface area contributed by atoms with Crippen molar-refractivity contribution in [2.45, 2.75) is 51.6 Å². The monoisotopic (exact) mass is 288 g/mol. The molecule has 0 saturated heterocycles. The molecule has 1 fully saturated rings. The Morgan fingerprint density at radius 3 is 2.95 bits per heavy atom. The summed E-state index contributed by atoms with van der Waals surface area (Å²) in [6.45, 7) is 1.91. The SMILES string of the molecule is Cc1cc2c(=O)n(CC(=O)NC3CCCCC3)cnc2[nH]1. The van der Waals surface area contributed by atoms with Gasteiger partial charge in [0.15, 0.2) is 0 Å². The lowest BCUT2D eigenvalue weighted by molar-refractivity contribution is -0.122. The molecule has 0 spiro atoms.